The van der Waals surface area contributed by atoms with E-state index < -0.39 is 33.0 Å². The molecule has 2 N–H and O–H groups in total. The minimum atomic E-state index is -3.82. The molecular formula is C21H28N4O7S. The lowest BCUT2D eigenvalue weighted by atomic mass is 9.79. The van der Waals surface area contributed by atoms with Crippen LogP contribution in [-0.2, 0) is 15.6 Å². The largest absolute Gasteiger partial charge is 0.497 e. The summed E-state index contributed by atoms with van der Waals surface area (Å²) in [6.07, 6.45) is -0.575. The third-order valence-corrected chi connectivity index (χ3v) is 7.65. The number of nitrogens with zero attached hydrogens (tertiary/aromatic N) is 3. The summed E-state index contributed by atoms with van der Waals surface area (Å²) >= 11 is 0. The van der Waals surface area contributed by atoms with Crippen LogP contribution in [0.1, 0.15) is 48.0 Å². The number of hydrogen-bond donors (Lipinski definition) is 2. The van der Waals surface area contributed by atoms with Crippen LogP contribution in [0.3, 0.4) is 0 Å². The second-order valence-electron chi connectivity index (χ2n) is 8.86. The van der Waals surface area contributed by atoms with Crippen molar-refractivity contribution in [1.82, 2.24) is 20.4 Å². The Kier molecular flexibility index (Phi) is 6.68. The molecule has 1 saturated heterocycles. The molecule has 12 heteroatoms. The first kappa shape index (κ1) is 24.5. The van der Waals surface area contributed by atoms with Gasteiger partial charge in [0.15, 0.2) is 9.84 Å². The number of nitrogens with one attached hydrogen (secondary N) is 1. The van der Waals surface area contributed by atoms with Gasteiger partial charge in [0.25, 0.3) is 0 Å². The van der Waals surface area contributed by atoms with Gasteiger partial charge in [0.2, 0.25) is 5.89 Å². The van der Waals surface area contributed by atoms with Gasteiger partial charge in [0.1, 0.15) is 11.5 Å². The van der Waals surface area contributed by atoms with E-state index >= 15 is 0 Å². The molecule has 3 rings (SSSR count). The van der Waals surface area contributed by atoms with E-state index in [1.807, 2.05) is 13.8 Å². The van der Waals surface area contributed by atoms with Gasteiger partial charge in [-0.05, 0) is 43.5 Å². The topological polar surface area (TPSA) is 152 Å². The highest BCUT2D eigenvalue weighted by Gasteiger charge is 2.39. The number of hydrogen-bond acceptors (Lipinski definition) is 8. The Balaban J connectivity index is 1.72. The van der Waals surface area contributed by atoms with Crippen LogP contribution in [0.2, 0.25) is 0 Å². The van der Waals surface area contributed by atoms with Crippen molar-refractivity contribution in [2.75, 3.05) is 20.2 Å². The highest BCUT2D eigenvalue weighted by Crippen LogP contribution is 2.30. The fourth-order valence-corrected chi connectivity index (χ4v) is 5.85. The predicted octanol–water partition coefficient (Wildman–Crippen LogP) is 2.18. The zero-order valence-corrected chi connectivity index (χ0v) is 20.0. The predicted molar refractivity (Wildman–Crippen MR) is 117 cm³/mol. The lowest BCUT2D eigenvalue weighted by Gasteiger charge is -2.43. The molecular weight excluding hydrogens is 452 g/mol. The summed E-state index contributed by atoms with van der Waals surface area (Å²) in [5, 5.41) is 19.5. The molecule has 11 nitrogen and oxygen atoms in total. The third kappa shape index (κ3) is 5.27. The molecule has 1 atom stereocenters. The molecule has 0 spiro atoms. The number of carboxylic acid groups (broad SMARTS) is 1. The molecule has 2 amide bonds. The first-order valence-electron chi connectivity index (χ1n) is 10.3. The zero-order valence-electron chi connectivity index (χ0n) is 19.2. The summed E-state index contributed by atoms with van der Waals surface area (Å²) in [6, 6.07) is 2.94. The first-order chi connectivity index (χ1) is 15.3. The lowest BCUT2D eigenvalue weighted by Crippen LogP contribution is -2.56. The van der Waals surface area contributed by atoms with Gasteiger partial charge < -0.3 is 24.5 Å². The van der Waals surface area contributed by atoms with Crippen molar-refractivity contribution >= 4 is 21.8 Å². The zero-order chi connectivity index (χ0) is 24.6. The second kappa shape index (κ2) is 9.00. The van der Waals surface area contributed by atoms with E-state index in [0.29, 0.717) is 23.3 Å². The summed E-state index contributed by atoms with van der Waals surface area (Å²) in [4.78, 5) is 25.3. The van der Waals surface area contributed by atoms with E-state index in [2.05, 4.69) is 15.5 Å². The Labute approximate surface area is 192 Å². The summed E-state index contributed by atoms with van der Waals surface area (Å²) in [5.41, 5.74) is 0.542. The fourth-order valence-electron chi connectivity index (χ4n) is 4.17. The Morgan fingerprint density at radius 1 is 1.27 bits per heavy atom. The standard InChI is InChI=1S/C21H28N4O7S/c1-12-8-14(31-5)9-13(2)17(12)33(29,30)10-16-23-24-19(32-16)18(26)22-15-6-7-25(20(27)28)11-21(15,3)4/h8-9,15H,6-7,10-11H2,1-5H3,(H,22,26)(H,27,28). The number of ether oxygens (including phenoxy) is 1. The van der Waals surface area contributed by atoms with Gasteiger partial charge in [-0.25, -0.2) is 13.2 Å². The van der Waals surface area contributed by atoms with Gasteiger partial charge in [0, 0.05) is 24.5 Å². The maximum absolute atomic E-state index is 13.0. The van der Waals surface area contributed by atoms with Crippen LogP contribution in [-0.4, -0.2) is 66.9 Å². The number of carbonyl (C=O) groups is 2. The number of rotatable bonds is 6. The van der Waals surface area contributed by atoms with Crippen molar-refractivity contribution in [2.24, 2.45) is 5.41 Å². The molecule has 1 unspecified atom stereocenters. The Hall–Kier alpha value is -3.15. The number of methoxy groups -OCH3 is 1. The molecule has 1 aromatic heterocycles. The minimum absolute atomic E-state index is 0.152. The van der Waals surface area contributed by atoms with E-state index in [1.165, 1.54) is 12.0 Å². The summed E-state index contributed by atoms with van der Waals surface area (Å²) in [7, 11) is -2.31. The quantitative estimate of drug-likeness (QED) is 0.633. The smallest absolute Gasteiger partial charge is 0.407 e. The van der Waals surface area contributed by atoms with Crippen LogP contribution in [0.15, 0.2) is 21.4 Å². The van der Waals surface area contributed by atoms with E-state index in [-0.39, 0.29) is 35.8 Å². The summed E-state index contributed by atoms with van der Waals surface area (Å²) in [6.45, 7) is 7.62. The fraction of sp³-hybridized carbons (Fsp3) is 0.524. The Bertz CT molecular complexity index is 1150. The van der Waals surface area contributed by atoms with Crippen molar-refractivity contribution in [2.45, 2.75) is 50.8 Å². The number of carbonyl (C=O) groups excluding carboxylic acids is 1. The van der Waals surface area contributed by atoms with Crippen molar-refractivity contribution in [1.29, 1.82) is 0 Å². The average molecular weight is 481 g/mol. The monoisotopic (exact) mass is 480 g/mol. The molecule has 180 valence electrons. The van der Waals surface area contributed by atoms with Crippen molar-refractivity contribution in [3.63, 3.8) is 0 Å². The molecule has 1 fully saturated rings. The van der Waals surface area contributed by atoms with Crippen molar-refractivity contribution in [3.8, 4) is 5.75 Å². The minimum Gasteiger partial charge on any atom is -0.497 e. The molecule has 2 heterocycles. The van der Waals surface area contributed by atoms with E-state index in [1.54, 1.807) is 26.0 Å². The highest BCUT2D eigenvalue weighted by molar-refractivity contribution is 7.90. The normalized spacial score (nSPS) is 18.1. The number of amides is 2. The Morgan fingerprint density at radius 2 is 1.91 bits per heavy atom. The van der Waals surface area contributed by atoms with Gasteiger partial charge in [-0.1, -0.05) is 13.8 Å². The SMILES string of the molecule is COc1cc(C)c(S(=O)(=O)Cc2nnc(C(=O)NC3CCN(C(=O)O)CC3(C)C)o2)c(C)c1. The third-order valence-electron chi connectivity index (χ3n) is 5.76. The molecule has 0 saturated carbocycles. The van der Waals surface area contributed by atoms with Gasteiger partial charge in [0.05, 0.1) is 12.0 Å². The second-order valence-corrected chi connectivity index (χ2v) is 10.8. The molecule has 1 aromatic carbocycles. The van der Waals surface area contributed by atoms with E-state index in [9.17, 15) is 23.1 Å². The molecule has 1 aliphatic rings. The van der Waals surface area contributed by atoms with Crippen LogP contribution >= 0.6 is 0 Å². The van der Waals surface area contributed by atoms with Crippen molar-refractivity contribution in [3.05, 3.63) is 35.0 Å². The van der Waals surface area contributed by atoms with E-state index in [0.717, 1.165) is 0 Å². The first-order valence-corrected chi connectivity index (χ1v) is 12.0. The van der Waals surface area contributed by atoms with Crippen LogP contribution in [0.5, 0.6) is 5.75 Å². The van der Waals surface area contributed by atoms with Gasteiger partial charge >= 0.3 is 17.9 Å². The van der Waals surface area contributed by atoms with E-state index in [4.69, 9.17) is 9.15 Å². The van der Waals surface area contributed by atoms with Gasteiger partial charge in [-0.2, -0.15) is 0 Å². The summed E-state index contributed by atoms with van der Waals surface area (Å²) < 4.78 is 36.5. The maximum atomic E-state index is 13.0. The van der Waals surface area contributed by atoms with Crippen LogP contribution < -0.4 is 10.1 Å². The van der Waals surface area contributed by atoms with Gasteiger partial charge in [-0.15, -0.1) is 10.2 Å². The van der Waals surface area contributed by atoms with Crippen molar-refractivity contribution < 1.29 is 32.3 Å². The number of benzene rings is 1. The number of aryl methyl sites for hydroxylation is 2. The highest BCUT2D eigenvalue weighted by atomic mass is 32.2. The Morgan fingerprint density at radius 3 is 2.45 bits per heavy atom. The molecule has 1 aliphatic heterocycles. The number of likely N-dealkylation sites (tertiary alicyclic amines) is 1. The number of aromatic nitrogens is 2. The lowest BCUT2D eigenvalue weighted by molar-refractivity contribution is 0.0609. The maximum Gasteiger partial charge on any atom is 0.407 e. The van der Waals surface area contributed by atoms with Gasteiger partial charge in [-0.3, -0.25) is 4.79 Å². The van der Waals surface area contributed by atoms with Crippen LogP contribution in [0.4, 0.5) is 4.79 Å². The molecule has 0 aliphatic carbocycles. The van der Waals surface area contributed by atoms with Crippen LogP contribution in [0, 0.1) is 19.3 Å². The molecule has 33 heavy (non-hydrogen) atoms. The summed E-state index contributed by atoms with van der Waals surface area (Å²) in [5.74, 6) is -1.18. The molecule has 0 radical (unpaired) electrons. The molecule has 2 aromatic rings. The average Bonchev–Trinajstić information content (AvgIpc) is 3.15. The van der Waals surface area contributed by atoms with Crippen LogP contribution in [0.25, 0.3) is 0 Å². The number of piperidine rings is 1. The molecule has 0 bridgehead atoms. The number of sulfone groups is 1.